The summed E-state index contributed by atoms with van der Waals surface area (Å²) in [5.41, 5.74) is 3.75. The topological polar surface area (TPSA) is 59.9 Å². The van der Waals surface area contributed by atoms with Gasteiger partial charge < -0.3 is 0 Å². The number of aryl methyl sites for hydroxylation is 1. The van der Waals surface area contributed by atoms with Gasteiger partial charge in [-0.3, -0.25) is 19.6 Å². The Morgan fingerprint density at radius 1 is 0.939 bits per heavy atom. The third-order valence-electron chi connectivity index (χ3n) is 6.40. The summed E-state index contributed by atoms with van der Waals surface area (Å²) in [5, 5.41) is 2.61. The number of carbonyl (C=O) groups excluding carboxylic acids is 2. The van der Waals surface area contributed by atoms with Crippen LogP contribution in [-0.4, -0.2) is 21.5 Å². The first-order chi connectivity index (χ1) is 16.1. The number of Topliss-reactive ketones (excluding diaryl/α,β-unsaturated/α-hetero) is 2. The van der Waals surface area contributed by atoms with Gasteiger partial charge in [0.2, 0.25) is 0 Å². The maximum atomic E-state index is 12.9. The molecule has 1 aliphatic carbocycles. The number of hydrogen-bond acceptors (Lipinski definition) is 4. The molecule has 5 heteroatoms. The van der Waals surface area contributed by atoms with Gasteiger partial charge in [0.25, 0.3) is 0 Å². The van der Waals surface area contributed by atoms with Gasteiger partial charge in [0, 0.05) is 59.5 Å². The predicted octanol–water partition coefficient (Wildman–Crippen LogP) is 6.01. The fourth-order valence-corrected chi connectivity index (χ4v) is 4.63. The van der Waals surface area contributed by atoms with Crippen LogP contribution in [0.3, 0.4) is 0 Å². The number of fused-ring (bicyclic) bond motifs is 1. The Morgan fingerprint density at radius 3 is 2.55 bits per heavy atom. The first kappa shape index (κ1) is 21.5. The second kappa shape index (κ2) is 9.24. The maximum Gasteiger partial charge on any atom is 0.163 e. The van der Waals surface area contributed by atoms with E-state index in [4.69, 9.17) is 11.6 Å². The number of ketones is 2. The number of halogens is 1. The highest BCUT2D eigenvalue weighted by Crippen LogP contribution is 2.48. The standard InChI is InChI=1S/C28H23ClN2O2/c29-26-13-23-17-31-11-9-21(23)12-22(26)14-28(33)25-15-24(25)19-4-6-20(7-5-19)27(32)8-3-18-2-1-10-30-16-18/h1-2,4-7,9-13,16-17,24-25H,3,8,14-15H2/t24-,25+/m0/s1. The second-order valence-electron chi connectivity index (χ2n) is 8.66. The Labute approximate surface area is 197 Å². The first-order valence-corrected chi connectivity index (χ1v) is 11.5. The Balaban J connectivity index is 1.19. The molecule has 164 valence electrons. The van der Waals surface area contributed by atoms with Crippen molar-refractivity contribution in [2.75, 3.05) is 0 Å². The number of carbonyl (C=O) groups is 2. The van der Waals surface area contributed by atoms with Crippen LogP contribution < -0.4 is 0 Å². The summed E-state index contributed by atoms with van der Waals surface area (Å²) in [4.78, 5) is 33.6. The van der Waals surface area contributed by atoms with Gasteiger partial charge in [-0.05, 0) is 65.1 Å². The minimum Gasteiger partial charge on any atom is -0.299 e. The molecular formula is C28H23ClN2O2. The summed E-state index contributed by atoms with van der Waals surface area (Å²) in [7, 11) is 0. The third kappa shape index (κ3) is 4.86. The molecule has 0 bridgehead atoms. The molecule has 1 aliphatic rings. The summed E-state index contributed by atoms with van der Waals surface area (Å²) in [5.74, 6) is 0.573. The SMILES string of the molecule is O=C(CCc1cccnc1)c1ccc([C@@H]2C[C@H]2C(=O)Cc2cc3ccncc3cc2Cl)cc1. The van der Waals surface area contributed by atoms with Gasteiger partial charge in [-0.15, -0.1) is 0 Å². The van der Waals surface area contributed by atoms with Gasteiger partial charge in [0.15, 0.2) is 5.78 Å². The molecule has 2 aromatic carbocycles. The first-order valence-electron chi connectivity index (χ1n) is 11.2. The number of benzene rings is 2. The largest absolute Gasteiger partial charge is 0.299 e. The van der Waals surface area contributed by atoms with Crippen molar-refractivity contribution in [2.24, 2.45) is 5.92 Å². The molecule has 4 aromatic rings. The molecule has 0 spiro atoms. The highest BCUT2D eigenvalue weighted by Gasteiger charge is 2.43. The van der Waals surface area contributed by atoms with Crippen LogP contribution in [-0.2, 0) is 17.6 Å². The number of aromatic nitrogens is 2. The highest BCUT2D eigenvalue weighted by molar-refractivity contribution is 6.32. The maximum absolute atomic E-state index is 12.9. The second-order valence-corrected chi connectivity index (χ2v) is 9.07. The van der Waals surface area contributed by atoms with E-state index in [1.807, 2.05) is 54.6 Å². The van der Waals surface area contributed by atoms with Gasteiger partial charge in [0.05, 0.1) is 0 Å². The molecule has 0 amide bonds. The molecule has 0 N–H and O–H groups in total. The molecule has 5 rings (SSSR count). The minimum absolute atomic E-state index is 0.0151. The molecule has 1 fully saturated rings. The zero-order valence-corrected chi connectivity index (χ0v) is 18.8. The Kier molecular flexibility index (Phi) is 6.01. The lowest BCUT2D eigenvalue weighted by atomic mass is 9.98. The summed E-state index contributed by atoms with van der Waals surface area (Å²) >= 11 is 6.42. The van der Waals surface area contributed by atoms with Gasteiger partial charge in [-0.25, -0.2) is 0 Å². The number of nitrogens with zero attached hydrogens (tertiary/aromatic N) is 2. The molecule has 1 saturated carbocycles. The van der Waals surface area contributed by atoms with E-state index in [0.717, 1.165) is 33.9 Å². The lowest BCUT2D eigenvalue weighted by Crippen LogP contribution is -2.07. The van der Waals surface area contributed by atoms with Crippen molar-refractivity contribution in [2.45, 2.75) is 31.6 Å². The molecule has 0 radical (unpaired) electrons. The number of pyridine rings is 2. The van der Waals surface area contributed by atoms with Crippen LogP contribution in [0.1, 0.15) is 45.8 Å². The van der Waals surface area contributed by atoms with Crippen LogP contribution in [0, 0.1) is 5.92 Å². The van der Waals surface area contributed by atoms with Crippen molar-refractivity contribution >= 4 is 33.9 Å². The molecule has 0 saturated heterocycles. The van der Waals surface area contributed by atoms with E-state index in [9.17, 15) is 9.59 Å². The van der Waals surface area contributed by atoms with Crippen LogP contribution >= 0.6 is 11.6 Å². The van der Waals surface area contributed by atoms with Crippen LogP contribution in [0.25, 0.3) is 10.8 Å². The van der Waals surface area contributed by atoms with E-state index in [1.54, 1.807) is 24.8 Å². The zero-order chi connectivity index (χ0) is 22.8. The average Bonchev–Trinajstić information content (AvgIpc) is 3.65. The Hall–Kier alpha value is -3.37. The summed E-state index contributed by atoms with van der Waals surface area (Å²) in [6, 6.07) is 17.4. The quantitative estimate of drug-likeness (QED) is 0.306. The van der Waals surface area contributed by atoms with E-state index in [2.05, 4.69) is 9.97 Å². The number of hydrogen-bond donors (Lipinski definition) is 0. The van der Waals surface area contributed by atoms with Crippen LogP contribution in [0.5, 0.6) is 0 Å². The molecular weight excluding hydrogens is 432 g/mol. The molecule has 33 heavy (non-hydrogen) atoms. The molecule has 2 heterocycles. The fraction of sp³-hybridized carbons (Fsp3) is 0.214. The van der Waals surface area contributed by atoms with E-state index in [1.165, 1.54) is 0 Å². The van der Waals surface area contributed by atoms with E-state index in [0.29, 0.717) is 29.8 Å². The van der Waals surface area contributed by atoms with Crippen molar-refractivity contribution in [3.05, 3.63) is 107 Å². The molecule has 0 aliphatic heterocycles. The van der Waals surface area contributed by atoms with Crippen molar-refractivity contribution < 1.29 is 9.59 Å². The summed E-state index contributed by atoms with van der Waals surface area (Å²) in [6.07, 6.45) is 9.37. The van der Waals surface area contributed by atoms with Crippen molar-refractivity contribution in [1.29, 1.82) is 0 Å². The van der Waals surface area contributed by atoms with Gasteiger partial charge in [0.1, 0.15) is 5.78 Å². The van der Waals surface area contributed by atoms with Crippen molar-refractivity contribution in [1.82, 2.24) is 9.97 Å². The van der Waals surface area contributed by atoms with Crippen molar-refractivity contribution in [3.63, 3.8) is 0 Å². The Bertz CT molecular complexity index is 1320. The molecule has 4 nitrogen and oxygen atoms in total. The summed E-state index contributed by atoms with van der Waals surface area (Å²) in [6.45, 7) is 0. The van der Waals surface area contributed by atoms with Crippen molar-refractivity contribution in [3.8, 4) is 0 Å². The third-order valence-corrected chi connectivity index (χ3v) is 6.75. The molecule has 0 unspecified atom stereocenters. The number of rotatable bonds is 8. The normalized spacial score (nSPS) is 17.1. The van der Waals surface area contributed by atoms with E-state index >= 15 is 0 Å². The van der Waals surface area contributed by atoms with E-state index < -0.39 is 0 Å². The summed E-state index contributed by atoms with van der Waals surface area (Å²) < 4.78 is 0. The lowest BCUT2D eigenvalue weighted by molar-refractivity contribution is -0.119. The minimum atomic E-state index is 0.0151. The van der Waals surface area contributed by atoms with Crippen LogP contribution in [0.4, 0.5) is 0 Å². The highest BCUT2D eigenvalue weighted by atomic mass is 35.5. The monoisotopic (exact) mass is 454 g/mol. The Morgan fingerprint density at radius 2 is 1.76 bits per heavy atom. The van der Waals surface area contributed by atoms with Gasteiger partial charge in [-0.2, -0.15) is 0 Å². The van der Waals surface area contributed by atoms with E-state index in [-0.39, 0.29) is 23.4 Å². The molecule has 2 atom stereocenters. The average molecular weight is 455 g/mol. The predicted molar refractivity (Wildman–Crippen MR) is 130 cm³/mol. The van der Waals surface area contributed by atoms with Gasteiger partial charge >= 0.3 is 0 Å². The lowest BCUT2D eigenvalue weighted by Gasteiger charge is -2.07. The van der Waals surface area contributed by atoms with Crippen LogP contribution in [0.15, 0.2) is 79.4 Å². The fourth-order valence-electron chi connectivity index (χ4n) is 4.39. The molecule has 2 aromatic heterocycles. The van der Waals surface area contributed by atoms with Gasteiger partial charge in [-0.1, -0.05) is 41.9 Å². The van der Waals surface area contributed by atoms with Crippen LogP contribution in [0.2, 0.25) is 5.02 Å². The smallest absolute Gasteiger partial charge is 0.163 e. The zero-order valence-electron chi connectivity index (χ0n) is 18.1.